The molecule has 0 aliphatic heterocycles. The van der Waals surface area contributed by atoms with Crippen molar-refractivity contribution in [1.82, 2.24) is 9.73 Å². The molecule has 6 nitrogen and oxygen atoms in total. The van der Waals surface area contributed by atoms with Crippen LogP contribution in [-0.4, -0.2) is 38.1 Å². The number of benzene rings is 2. The van der Waals surface area contributed by atoms with Crippen LogP contribution in [0.4, 0.5) is 10.1 Å². The Labute approximate surface area is 157 Å². The number of thiocarbonyl (C=S) groups is 1. The monoisotopic (exact) mass is 394 g/mol. The van der Waals surface area contributed by atoms with E-state index in [2.05, 4.69) is 15.8 Å². The summed E-state index contributed by atoms with van der Waals surface area (Å²) < 4.78 is 39.1. The quantitative estimate of drug-likeness (QED) is 0.463. The number of hydrazone groups is 1. The molecule has 0 aliphatic carbocycles. The van der Waals surface area contributed by atoms with E-state index in [4.69, 9.17) is 12.2 Å². The lowest BCUT2D eigenvalue weighted by Gasteiger charge is -2.15. The Morgan fingerprint density at radius 2 is 1.92 bits per heavy atom. The number of aryl methyl sites for hydroxylation is 1. The van der Waals surface area contributed by atoms with Crippen LogP contribution in [0.15, 0.2) is 52.5 Å². The molecule has 0 radical (unpaired) electrons. The fourth-order valence-corrected chi connectivity index (χ4v) is 3.09. The maximum atomic E-state index is 13.5. The lowest BCUT2D eigenvalue weighted by molar-refractivity contribution is 0.521. The zero-order chi connectivity index (χ0) is 19.3. The van der Waals surface area contributed by atoms with Crippen LogP contribution in [0.25, 0.3) is 0 Å². The van der Waals surface area contributed by atoms with E-state index in [0.717, 1.165) is 9.87 Å². The van der Waals surface area contributed by atoms with Gasteiger partial charge >= 0.3 is 0 Å². The predicted molar refractivity (Wildman–Crippen MR) is 105 cm³/mol. The molecular formula is C17H19FN4O2S2. The van der Waals surface area contributed by atoms with Crippen molar-refractivity contribution in [2.45, 2.75) is 11.8 Å². The molecule has 2 rings (SSSR count). The fraction of sp³-hybridized carbons (Fsp3) is 0.176. The van der Waals surface area contributed by atoms with Crippen LogP contribution in [-0.2, 0) is 10.0 Å². The first-order valence-electron chi connectivity index (χ1n) is 7.59. The van der Waals surface area contributed by atoms with E-state index in [1.807, 2.05) is 6.92 Å². The van der Waals surface area contributed by atoms with Crippen molar-refractivity contribution in [3.63, 3.8) is 0 Å². The Kier molecular flexibility index (Phi) is 6.41. The highest BCUT2D eigenvalue weighted by atomic mass is 32.2. The third kappa shape index (κ3) is 4.84. The first kappa shape index (κ1) is 20.0. The zero-order valence-electron chi connectivity index (χ0n) is 14.5. The van der Waals surface area contributed by atoms with Gasteiger partial charge in [-0.1, -0.05) is 24.3 Å². The molecule has 0 amide bonds. The Balaban J connectivity index is 2.11. The zero-order valence-corrected chi connectivity index (χ0v) is 16.2. The summed E-state index contributed by atoms with van der Waals surface area (Å²) >= 11 is 5.14. The van der Waals surface area contributed by atoms with Gasteiger partial charge in [-0.2, -0.15) is 5.10 Å². The van der Waals surface area contributed by atoms with Gasteiger partial charge in [-0.15, -0.1) is 0 Å². The van der Waals surface area contributed by atoms with Crippen molar-refractivity contribution in [2.75, 3.05) is 19.4 Å². The molecule has 26 heavy (non-hydrogen) atoms. The second-order valence-corrected chi connectivity index (χ2v) is 8.17. The molecule has 0 bridgehead atoms. The Bertz CT molecular complexity index is 944. The molecule has 0 unspecified atom stereocenters. The molecular weight excluding hydrogens is 375 g/mol. The molecule has 0 saturated heterocycles. The molecule has 2 N–H and O–H groups in total. The number of sulfonamides is 1. The lowest BCUT2D eigenvalue weighted by atomic mass is 10.2. The van der Waals surface area contributed by atoms with E-state index in [-0.39, 0.29) is 10.0 Å². The van der Waals surface area contributed by atoms with Crippen molar-refractivity contribution < 1.29 is 12.8 Å². The van der Waals surface area contributed by atoms with Crippen molar-refractivity contribution >= 4 is 39.3 Å². The Morgan fingerprint density at radius 3 is 2.58 bits per heavy atom. The van der Waals surface area contributed by atoms with Crippen molar-refractivity contribution in [2.24, 2.45) is 5.10 Å². The number of nitrogens with zero attached hydrogens (tertiary/aromatic N) is 2. The van der Waals surface area contributed by atoms with Crippen LogP contribution in [0, 0.1) is 12.7 Å². The van der Waals surface area contributed by atoms with Gasteiger partial charge in [0.15, 0.2) is 5.11 Å². The van der Waals surface area contributed by atoms with Gasteiger partial charge in [0.05, 0.1) is 11.1 Å². The number of rotatable bonds is 5. The Morgan fingerprint density at radius 1 is 1.23 bits per heavy atom. The van der Waals surface area contributed by atoms with Gasteiger partial charge < -0.3 is 5.32 Å². The second kappa shape index (κ2) is 8.35. The molecule has 0 saturated carbocycles. The van der Waals surface area contributed by atoms with E-state index in [0.29, 0.717) is 11.3 Å². The minimum absolute atomic E-state index is 0.147. The van der Waals surface area contributed by atoms with E-state index < -0.39 is 15.8 Å². The minimum atomic E-state index is -3.55. The van der Waals surface area contributed by atoms with E-state index in [9.17, 15) is 12.8 Å². The van der Waals surface area contributed by atoms with Crippen LogP contribution in [0.5, 0.6) is 0 Å². The van der Waals surface area contributed by atoms with Crippen molar-refractivity contribution in [3.05, 3.63) is 59.4 Å². The van der Waals surface area contributed by atoms with Gasteiger partial charge in [-0.05, 0) is 42.9 Å². The summed E-state index contributed by atoms with van der Waals surface area (Å²) in [6.07, 6.45) is 1.31. The first-order chi connectivity index (χ1) is 12.2. The highest BCUT2D eigenvalue weighted by molar-refractivity contribution is 7.89. The number of hydrogen-bond acceptors (Lipinski definition) is 4. The molecule has 9 heteroatoms. The van der Waals surface area contributed by atoms with Gasteiger partial charge in [0, 0.05) is 25.3 Å². The summed E-state index contributed by atoms with van der Waals surface area (Å²) in [6, 6.07) is 10.9. The molecule has 0 aliphatic rings. The SMILES string of the molecule is Cc1ccc(S(=O)(=O)N(C)C)cc1NC(=S)N/N=C\c1ccccc1F. The topological polar surface area (TPSA) is 73.8 Å². The second-order valence-electron chi connectivity index (χ2n) is 5.61. The third-order valence-corrected chi connectivity index (χ3v) is 5.52. The highest BCUT2D eigenvalue weighted by Gasteiger charge is 2.18. The average Bonchev–Trinajstić information content (AvgIpc) is 2.58. The van der Waals surface area contributed by atoms with Crippen LogP contribution in [0.1, 0.15) is 11.1 Å². The van der Waals surface area contributed by atoms with E-state index in [1.165, 1.54) is 38.5 Å². The van der Waals surface area contributed by atoms with Crippen molar-refractivity contribution in [3.8, 4) is 0 Å². The first-order valence-corrected chi connectivity index (χ1v) is 9.44. The van der Waals surface area contributed by atoms with Crippen LogP contribution in [0.2, 0.25) is 0 Å². The van der Waals surface area contributed by atoms with Crippen molar-refractivity contribution in [1.29, 1.82) is 0 Å². The maximum absolute atomic E-state index is 13.5. The molecule has 0 atom stereocenters. The number of halogens is 1. The lowest BCUT2D eigenvalue weighted by Crippen LogP contribution is -2.25. The largest absolute Gasteiger partial charge is 0.331 e. The molecule has 0 spiro atoms. The van der Waals surface area contributed by atoms with E-state index >= 15 is 0 Å². The van der Waals surface area contributed by atoms with Gasteiger partial charge in [0.25, 0.3) is 0 Å². The van der Waals surface area contributed by atoms with Crippen LogP contribution in [0.3, 0.4) is 0 Å². The van der Waals surface area contributed by atoms with Crippen LogP contribution < -0.4 is 10.7 Å². The summed E-state index contributed by atoms with van der Waals surface area (Å²) in [6.45, 7) is 1.82. The summed E-state index contributed by atoms with van der Waals surface area (Å²) in [7, 11) is -0.623. The van der Waals surface area contributed by atoms with Gasteiger partial charge in [0.1, 0.15) is 5.82 Å². The molecule has 0 fully saturated rings. The average molecular weight is 394 g/mol. The number of anilines is 1. The Hall–Kier alpha value is -2.36. The minimum Gasteiger partial charge on any atom is -0.331 e. The molecule has 0 heterocycles. The summed E-state index contributed by atoms with van der Waals surface area (Å²) in [5.74, 6) is -0.394. The standard InChI is InChI=1S/C17H19FN4O2S2/c1-12-8-9-14(26(23,24)22(2)3)10-16(12)20-17(25)21-19-11-13-6-4-5-7-15(13)18/h4-11H,1-3H3,(H2,20,21,25)/b19-11-. The molecule has 2 aromatic carbocycles. The molecule has 2 aromatic rings. The normalized spacial score (nSPS) is 11.7. The third-order valence-electron chi connectivity index (χ3n) is 3.51. The maximum Gasteiger partial charge on any atom is 0.242 e. The molecule has 138 valence electrons. The van der Waals surface area contributed by atoms with Gasteiger partial charge in [-0.3, -0.25) is 5.43 Å². The summed E-state index contributed by atoms with van der Waals surface area (Å²) in [5, 5.41) is 6.93. The smallest absolute Gasteiger partial charge is 0.242 e. The van der Waals surface area contributed by atoms with Gasteiger partial charge in [0.2, 0.25) is 10.0 Å². The predicted octanol–water partition coefficient (Wildman–Crippen LogP) is 2.70. The van der Waals surface area contributed by atoms with Gasteiger partial charge in [-0.25, -0.2) is 17.1 Å². The summed E-state index contributed by atoms with van der Waals surface area (Å²) in [4.78, 5) is 0.147. The highest BCUT2D eigenvalue weighted by Crippen LogP contribution is 2.21. The summed E-state index contributed by atoms with van der Waals surface area (Å²) in [5.41, 5.74) is 4.24. The van der Waals surface area contributed by atoms with E-state index in [1.54, 1.807) is 24.3 Å². The van der Waals surface area contributed by atoms with Crippen LogP contribution >= 0.6 is 12.2 Å². The number of hydrogen-bond donors (Lipinski definition) is 2. The number of nitrogens with one attached hydrogen (secondary N) is 2. The fourth-order valence-electron chi connectivity index (χ4n) is 2.00. The molecule has 0 aromatic heterocycles.